The van der Waals surface area contributed by atoms with Crippen LogP contribution < -0.4 is 10.1 Å². The molecule has 0 aliphatic heterocycles. The van der Waals surface area contributed by atoms with E-state index in [1.807, 2.05) is 12.1 Å². The van der Waals surface area contributed by atoms with E-state index in [0.29, 0.717) is 28.2 Å². The van der Waals surface area contributed by atoms with Crippen molar-refractivity contribution in [2.45, 2.75) is 0 Å². The lowest BCUT2D eigenvalue weighted by atomic mass is 10.2. The van der Waals surface area contributed by atoms with E-state index >= 15 is 0 Å². The predicted molar refractivity (Wildman–Crippen MR) is 115 cm³/mol. The predicted octanol–water partition coefficient (Wildman–Crippen LogP) is 4.76. The second kappa shape index (κ2) is 9.02. The molecule has 0 unspecified atom stereocenters. The summed E-state index contributed by atoms with van der Waals surface area (Å²) in [4.78, 5) is 20.4. The summed E-state index contributed by atoms with van der Waals surface area (Å²) in [6.45, 7) is 0. The first-order chi connectivity index (χ1) is 14.7. The van der Waals surface area contributed by atoms with Gasteiger partial charge in [0.25, 0.3) is 0 Å². The van der Waals surface area contributed by atoms with Crippen LogP contribution in [0.4, 0.5) is 5.69 Å². The zero-order valence-electron chi connectivity index (χ0n) is 15.6. The monoisotopic (exact) mass is 417 g/mol. The quantitative estimate of drug-likeness (QED) is 0.457. The van der Waals surface area contributed by atoms with Gasteiger partial charge in [0, 0.05) is 35.2 Å². The highest BCUT2D eigenvalue weighted by atomic mass is 35.5. The van der Waals surface area contributed by atoms with Crippen molar-refractivity contribution in [1.82, 2.24) is 19.7 Å². The topological polar surface area (TPSA) is 81.9 Å². The fourth-order valence-electron chi connectivity index (χ4n) is 2.57. The number of nitrogens with zero attached hydrogens (tertiary/aromatic N) is 4. The Morgan fingerprint density at radius 3 is 2.60 bits per heavy atom. The lowest BCUT2D eigenvalue weighted by Gasteiger charge is -2.07. The van der Waals surface area contributed by atoms with E-state index in [1.165, 1.54) is 12.4 Å². The molecule has 8 heteroatoms. The lowest BCUT2D eigenvalue weighted by Crippen LogP contribution is -2.07. The zero-order chi connectivity index (χ0) is 20.8. The van der Waals surface area contributed by atoms with Crippen LogP contribution in [0.2, 0.25) is 5.02 Å². The Hall–Kier alpha value is -3.97. The maximum absolute atomic E-state index is 12.1. The maximum atomic E-state index is 12.1. The van der Waals surface area contributed by atoms with Gasteiger partial charge in [-0.1, -0.05) is 23.7 Å². The fraction of sp³-hybridized carbons (Fsp3) is 0. The highest BCUT2D eigenvalue weighted by molar-refractivity contribution is 6.30. The van der Waals surface area contributed by atoms with E-state index in [1.54, 1.807) is 71.7 Å². The molecule has 1 N–H and O–H groups in total. The third kappa shape index (κ3) is 5.09. The molecular formula is C22H16ClN5O2. The van der Waals surface area contributed by atoms with Gasteiger partial charge in [-0.05, 0) is 54.1 Å². The Morgan fingerprint density at radius 2 is 1.87 bits per heavy atom. The van der Waals surface area contributed by atoms with Gasteiger partial charge in [-0.2, -0.15) is 5.10 Å². The second-order valence-corrected chi connectivity index (χ2v) is 6.60. The molecule has 30 heavy (non-hydrogen) atoms. The van der Waals surface area contributed by atoms with Gasteiger partial charge in [0.2, 0.25) is 11.8 Å². The van der Waals surface area contributed by atoms with Crippen LogP contribution in [0.25, 0.3) is 11.9 Å². The van der Waals surface area contributed by atoms with Crippen LogP contribution in [0.1, 0.15) is 5.56 Å². The van der Waals surface area contributed by atoms with Crippen LogP contribution in [0.15, 0.2) is 85.5 Å². The summed E-state index contributed by atoms with van der Waals surface area (Å²) in [5, 5.41) is 7.58. The van der Waals surface area contributed by atoms with Crippen molar-refractivity contribution in [2.75, 3.05) is 5.32 Å². The Balaban J connectivity index is 1.36. The largest absolute Gasteiger partial charge is 0.439 e. The highest BCUT2D eigenvalue weighted by Crippen LogP contribution is 2.22. The van der Waals surface area contributed by atoms with E-state index in [0.717, 1.165) is 5.56 Å². The van der Waals surface area contributed by atoms with Crippen LogP contribution in [-0.2, 0) is 4.79 Å². The van der Waals surface area contributed by atoms with Crippen molar-refractivity contribution in [2.24, 2.45) is 0 Å². The molecule has 1 amide bonds. The average molecular weight is 418 g/mol. The molecule has 0 atom stereocenters. The van der Waals surface area contributed by atoms with Gasteiger partial charge in [-0.3, -0.25) is 4.79 Å². The number of carbonyl (C=O) groups excluding carboxylic acids is 1. The van der Waals surface area contributed by atoms with Crippen molar-refractivity contribution < 1.29 is 9.53 Å². The SMILES string of the molecule is O=C(/C=C/c1ccc(Cl)cc1)Nc1ccc(Oc2cc(-n3cccn3)ncn2)cc1. The summed E-state index contributed by atoms with van der Waals surface area (Å²) in [6.07, 6.45) is 8.04. The molecule has 0 aliphatic rings. The minimum absolute atomic E-state index is 0.238. The summed E-state index contributed by atoms with van der Waals surface area (Å²) in [6, 6.07) is 17.7. The number of amides is 1. The molecule has 0 saturated carbocycles. The number of halogens is 1. The molecule has 2 aromatic heterocycles. The van der Waals surface area contributed by atoms with Crippen LogP contribution in [0.3, 0.4) is 0 Å². The van der Waals surface area contributed by atoms with Gasteiger partial charge >= 0.3 is 0 Å². The van der Waals surface area contributed by atoms with Crippen molar-refractivity contribution in [3.63, 3.8) is 0 Å². The molecule has 2 heterocycles. The molecule has 0 aliphatic carbocycles. The number of ether oxygens (including phenoxy) is 1. The number of aromatic nitrogens is 4. The maximum Gasteiger partial charge on any atom is 0.248 e. The molecule has 0 fully saturated rings. The first kappa shape index (κ1) is 19.4. The molecule has 2 aromatic carbocycles. The first-order valence-corrected chi connectivity index (χ1v) is 9.38. The summed E-state index contributed by atoms with van der Waals surface area (Å²) in [5.74, 6) is 1.33. The standard InChI is InChI=1S/C22H16ClN5O2/c23-17-5-2-16(3-6-17)4-11-21(29)27-18-7-9-19(10-8-18)30-22-14-20(24-15-25-22)28-13-1-12-26-28/h1-15H,(H,27,29)/b11-4+. The van der Waals surface area contributed by atoms with Crippen molar-refractivity contribution >= 4 is 29.3 Å². The molecule has 0 radical (unpaired) electrons. The normalized spacial score (nSPS) is 10.8. The second-order valence-electron chi connectivity index (χ2n) is 6.17. The zero-order valence-corrected chi connectivity index (χ0v) is 16.4. The summed E-state index contributed by atoms with van der Waals surface area (Å²) in [5.41, 5.74) is 1.53. The van der Waals surface area contributed by atoms with Crippen molar-refractivity contribution in [3.05, 3.63) is 96.0 Å². The number of nitrogens with one attached hydrogen (secondary N) is 1. The number of rotatable bonds is 6. The molecule has 0 bridgehead atoms. The van der Waals surface area contributed by atoms with Gasteiger partial charge in [0.05, 0.1) is 0 Å². The molecular weight excluding hydrogens is 402 g/mol. The lowest BCUT2D eigenvalue weighted by molar-refractivity contribution is -0.111. The van der Waals surface area contributed by atoms with Crippen LogP contribution in [-0.4, -0.2) is 25.7 Å². The van der Waals surface area contributed by atoms with Gasteiger partial charge in [0.15, 0.2) is 5.82 Å². The summed E-state index contributed by atoms with van der Waals surface area (Å²) >= 11 is 5.85. The Labute approximate surface area is 177 Å². The average Bonchev–Trinajstić information content (AvgIpc) is 3.30. The van der Waals surface area contributed by atoms with Crippen LogP contribution >= 0.6 is 11.6 Å². The van der Waals surface area contributed by atoms with Gasteiger partial charge in [0.1, 0.15) is 12.1 Å². The van der Waals surface area contributed by atoms with Crippen LogP contribution in [0.5, 0.6) is 11.6 Å². The van der Waals surface area contributed by atoms with Crippen molar-refractivity contribution in [1.29, 1.82) is 0 Å². The van der Waals surface area contributed by atoms with E-state index < -0.39 is 0 Å². The van der Waals surface area contributed by atoms with Gasteiger partial charge < -0.3 is 10.1 Å². The van der Waals surface area contributed by atoms with Crippen LogP contribution in [0, 0.1) is 0 Å². The minimum Gasteiger partial charge on any atom is -0.439 e. The van der Waals surface area contributed by atoms with E-state index in [4.69, 9.17) is 16.3 Å². The number of hydrogen-bond donors (Lipinski definition) is 1. The number of anilines is 1. The third-order valence-corrected chi connectivity index (χ3v) is 4.26. The van der Waals surface area contributed by atoms with E-state index in [9.17, 15) is 4.79 Å². The van der Waals surface area contributed by atoms with Gasteiger partial charge in [-0.25, -0.2) is 14.6 Å². The molecule has 4 aromatic rings. The van der Waals surface area contributed by atoms with E-state index in [-0.39, 0.29) is 5.91 Å². The number of benzene rings is 2. The summed E-state index contributed by atoms with van der Waals surface area (Å²) in [7, 11) is 0. The molecule has 0 spiro atoms. The fourth-order valence-corrected chi connectivity index (χ4v) is 2.70. The Kier molecular flexibility index (Phi) is 5.82. The smallest absolute Gasteiger partial charge is 0.248 e. The molecule has 0 saturated heterocycles. The number of carbonyl (C=O) groups is 1. The molecule has 7 nitrogen and oxygen atoms in total. The summed E-state index contributed by atoms with van der Waals surface area (Å²) < 4.78 is 7.38. The minimum atomic E-state index is -0.238. The highest BCUT2D eigenvalue weighted by Gasteiger charge is 2.05. The van der Waals surface area contributed by atoms with E-state index in [2.05, 4.69) is 20.4 Å². The molecule has 148 valence electrons. The molecule has 4 rings (SSSR count). The van der Waals surface area contributed by atoms with Gasteiger partial charge in [-0.15, -0.1) is 0 Å². The Morgan fingerprint density at radius 1 is 1.07 bits per heavy atom. The van der Waals surface area contributed by atoms with Crippen molar-refractivity contribution in [3.8, 4) is 17.4 Å². The first-order valence-electron chi connectivity index (χ1n) is 9.00. The Bertz CT molecular complexity index is 1160. The number of hydrogen-bond acceptors (Lipinski definition) is 5. The third-order valence-electron chi connectivity index (χ3n) is 4.01.